The zero-order valence-electron chi connectivity index (χ0n) is 14.8. The molecule has 29 heavy (non-hydrogen) atoms. The van der Waals surface area contributed by atoms with Crippen molar-refractivity contribution in [2.75, 3.05) is 5.01 Å². The number of halogens is 6. The van der Waals surface area contributed by atoms with Crippen molar-refractivity contribution in [3.05, 3.63) is 71.8 Å². The molecule has 0 radical (unpaired) electrons. The van der Waals surface area contributed by atoms with Crippen molar-refractivity contribution in [1.29, 1.82) is 0 Å². The van der Waals surface area contributed by atoms with Crippen molar-refractivity contribution < 1.29 is 31.1 Å². The molecule has 1 aliphatic rings. The summed E-state index contributed by atoms with van der Waals surface area (Å²) >= 11 is 0. The SMILES string of the molecule is NC1C=C(c2cccc(COC(C(F)(F)F)C(F)(F)F)c2)N(c2ccccc2)N1. The van der Waals surface area contributed by atoms with Crippen LogP contribution in [0.25, 0.3) is 5.70 Å². The molecule has 1 unspecified atom stereocenters. The van der Waals surface area contributed by atoms with E-state index in [2.05, 4.69) is 10.2 Å². The Hall–Kier alpha value is -2.56. The van der Waals surface area contributed by atoms with Crippen LogP contribution in [-0.4, -0.2) is 24.6 Å². The number of benzene rings is 2. The molecule has 1 atom stereocenters. The summed E-state index contributed by atoms with van der Waals surface area (Å²) in [5.74, 6) is 0. The fourth-order valence-corrected chi connectivity index (χ4v) is 2.89. The molecule has 0 saturated heterocycles. The van der Waals surface area contributed by atoms with E-state index in [0.717, 1.165) is 5.69 Å². The first-order valence-electron chi connectivity index (χ1n) is 8.49. The number of nitrogens with one attached hydrogen (secondary N) is 1. The van der Waals surface area contributed by atoms with Crippen LogP contribution in [0.3, 0.4) is 0 Å². The highest BCUT2D eigenvalue weighted by atomic mass is 19.4. The van der Waals surface area contributed by atoms with Crippen LogP contribution in [0.1, 0.15) is 11.1 Å². The molecule has 0 aliphatic carbocycles. The lowest BCUT2D eigenvalue weighted by molar-refractivity contribution is -0.324. The summed E-state index contributed by atoms with van der Waals surface area (Å²) < 4.78 is 80.0. The summed E-state index contributed by atoms with van der Waals surface area (Å²) in [5, 5.41) is 1.69. The van der Waals surface area contributed by atoms with Crippen LogP contribution >= 0.6 is 0 Å². The molecule has 0 amide bonds. The lowest BCUT2D eigenvalue weighted by Gasteiger charge is -2.24. The molecule has 4 nitrogen and oxygen atoms in total. The van der Waals surface area contributed by atoms with E-state index >= 15 is 0 Å². The van der Waals surface area contributed by atoms with Gasteiger partial charge >= 0.3 is 12.4 Å². The first-order chi connectivity index (χ1) is 13.6. The number of nitrogens with zero attached hydrogens (tertiary/aromatic N) is 1. The molecule has 1 aliphatic heterocycles. The Morgan fingerprint density at radius 2 is 1.62 bits per heavy atom. The van der Waals surface area contributed by atoms with Gasteiger partial charge in [0.05, 0.1) is 24.2 Å². The average Bonchev–Trinajstić information content (AvgIpc) is 3.02. The van der Waals surface area contributed by atoms with Crippen LogP contribution in [-0.2, 0) is 11.3 Å². The normalized spacial score (nSPS) is 17.7. The van der Waals surface area contributed by atoms with Crippen LogP contribution in [0.5, 0.6) is 0 Å². The maximum Gasteiger partial charge on any atom is 0.423 e. The summed E-state index contributed by atoms with van der Waals surface area (Å²) in [6.45, 7) is -0.852. The van der Waals surface area contributed by atoms with E-state index in [9.17, 15) is 26.3 Å². The van der Waals surface area contributed by atoms with Gasteiger partial charge in [-0.05, 0) is 35.4 Å². The lowest BCUT2D eigenvalue weighted by Crippen LogP contribution is -2.44. The van der Waals surface area contributed by atoms with Crippen LogP contribution < -0.4 is 16.2 Å². The van der Waals surface area contributed by atoms with Crippen LogP contribution in [0.15, 0.2) is 60.7 Å². The number of para-hydroxylation sites is 1. The molecular formula is C19H17F6N3O. The van der Waals surface area contributed by atoms with Crippen LogP contribution in [0.4, 0.5) is 32.0 Å². The number of rotatable bonds is 5. The Bertz CT molecular complexity index is 852. The van der Waals surface area contributed by atoms with Crippen molar-refractivity contribution in [3.8, 4) is 0 Å². The van der Waals surface area contributed by atoms with Gasteiger partial charge in [0.1, 0.15) is 0 Å². The van der Waals surface area contributed by atoms with Crippen molar-refractivity contribution in [3.63, 3.8) is 0 Å². The summed E-state index contributed by atoms with van der Waals surface area (Å²) in [6.07, 6.45) is -13.8. The van der Waals surface area contributed by atoms with Gasteiger partial charge in [-0.2, -0.15) is 26.3 Å². The van der Waals surface area contributed by atoms with Crippen molar-refractivity contribution in [2.45, 2.75) is 31.2 Å². The van der Waals surface area contributed by atoms with Gasteiger partial charge in [-0.3, -0.25) is 5.01 Å². The van der Waals surface area contributed by atoms with Gasteiger partial charge in [0.15, 0.2) is 0 Å². The minimum atomic E-state index is -5.55. The lowest BCUT2D eigenvalue weighted by atomic mass is 10.1. The van der Waals surface area contributed by atoms with Crippen LogP contribution in [0, 0.1) is 0 Å². The van der Waals surface area contributed by atoms with E-state index in [1.165, 1.54) is 18.2 Å². The molecule has 2 aromatic rings. The summed E-state index contributed by atoms with van der Waals surface area (Å²) in [7, 11) is 0. The molecule has 0 aromatic heterocycles. The third-order valence-corrected chi connectivity index (χ3v) is 4.10. The first kappa shape index (κ1) is 21.2. The Morgan fingerprint density at radius 3 is 2.24 bits per heavy atom. The second-order valence-electron chi connectivity index (χ2n) is 6.35. The number of hydrogen-bond acceptors (Lipinski definition) is 4. The van der Waals surface area contributed by atoms with Gasteiger partial charge < -0.3 is 10.5 Å². The van der Waals surface area contributed by atoms with Crippen molar-refractivity contribution in [1.82, 2.24) is 5.43 Å². The Kier molecular flexibility index (Phi) is 5.87. The van der Waals surface area contributed by atoms with Crippen molar-refractivity contribution >= 4 is 11.4 Å². The van der Waals surface area contributed by atoms with E-state index in [4.69, 9.17) is 5.73 Å². The first-order valence-corrected chi connectivity index (χ1v) is 8.49. The minimum Gasteiger partial charge on any atom is -0.356 e. The molecule has 0 fully saturated rings. The third kappa shape index (κ3) is 5.08. The predicted molar refractivity (Wildman–Crippen MR) is 95.1 cm³/mol. The zero-order valence-corrected chi connectivity index (χ0v) is 14.8. The number of alkyl halides is 6. The maximum absolute atomic E-state index is 12.6. The standard InChI is InChI=1S/C19H17F6N3O/c20-18(21,22)17(19(23,24)25)29-11-12-5-4-6-13(9-12)15-10-16(26)27-28(15)14-7-2-1-3-8-14/h1-10,16-17,27H,11,26H2. The van der Waals surface area contributed by atoms with Gasteiger partial charge in [0.25, 0.3) is 0 Å². The predicted octanol–water partition coefficient (Wildman–Crippen LogP) is 4.35. The smallest absolute Gasteiger partial charge is 0.356 e. The van der Waals surface area contributed by atoms with Crippen LogP contribution in [0.2, 0.25) is 0 Å². The van der Waals surface area contributed by atoms with E-state index in [1.54, 1.807) is 17.2 Å². The molecule has 156 valence electrons. The summed E-state index contributed by atoms with van der Waals surface area (Å²) in [6, 6.07) is 15.2. The minimum absolute atomic E-state index is 0.162. The van der Waals surface area contributed by atoms with Gasteiger partial charge in [0.2, 0.25) is 6.10 Å². The summed E-state index contributed by atoms with van der Waals surface area (Å²) in [5.41, 5.74) is 11.0. The number of anilines is 1. The fraction of sp³-hybridized carbons (Fsp3) is 0.263. The highest BCUT2D eigenvalue weighted by Crippen LogP contribution is 2.36. The highest BCUT2D eigenvalue weighted by molar-refractivity contribution is 5.81. The number of hydrogen-bond donors (Lipinski definition) is 2. The number of nitrogens with two attached hydrogens (primary N) is 1. The quantitative estimate of drug-likeness (QED) is 0.711. The average molecular weight is 417 g/mol. The largest absolute Gasteiger partial charge is 0.423 e. The molecule has 3 rings (SSSR count). The molecule has 0 saturated carbocycles. The number of ether oxygens (including phenoxy) is 1. The van der Waals surface area contributed by atoms with E-state index < -0.39 is 31.2 Å². The number of hydrazine groups is 1. The monoisotopic (exact) mass is 417 g/mol. The zero-order chi connectivity index (χ0) is 21.2. The molecular weight excluding hydrogens is 400 g/mol. The Morgan fingerprint density at radius 1 is 0.966 bits per heavy atom. The second-order valence-corrected chi connectivity index (χ2v) is 6.35. The van der Waals surface area contributed by atoms with E-state index in [-0.39, 0.29) is 5.56 Å². The Balaban J connectivity index is 1.81. The van der Waals surface area contributed by atoms with Crippen molar-refractivity contribution in [2.24, 2.45) is 5.73 Å². The van der Waals surface area contributed by atoms with Gasteiger partial charge in [-0.25, -0.2) is 5.43 Å². The molecule has 2 aromatic carbocycles. The van der Waals surface area contributed by atoms with E-state index in [1.807, 2.05) is 30.3 Å². The molecule has 3 N–H and O–H groups in total. The van der Waals surface area contributed by atoms with Gasteiger partial charge in [-0.15, -0.1) is 0 Å². The topological polar surface area (TPSA) is 50.5 Å². The highest BCUT2D eigenvalue weighted by Gasteiger charge is 2.57. The second kappa shape index (κ2) is 8.05. The van der Waals surface area contributed by atoms with Gasteiger partial charge in [-0.1, -0.05) is 36.4 Å². The Labute approximate surface area is 162 Å². The summed E-state index contributed by atoms with van der Waals surface area (Å²) in [4.78, 5) is 0. The van der Waals surface area contributed by atoms with E-state index in [0.29, 0.717) is 11.3 Å². The fourth-order valence-electron chi connectivity index (χ4n) is 2.89. The van der Waals surface area contributed by atoms with Gasteiger partial charge in [0, 0.05) is 0 Å². The molecule has 1 heterocycles. The molecule has 0 bridgehead atoms. The molecule has 10 heteroatoms. The third-order valence-electron chi connectivity index (χ3n) is 4.10. The molecule has 0 spiro atoms. The maximum atomic E-state index is 12.6.